The van der Waals surface area contributed by atoms with Crippen molar-refractivity contribution in [3.8, 4) is 22.9 Å². The largest absolute Gasteiger partial charge is 0.437 e. The van der Waals surface area contributed by atoms with Gasteiger partial charge in [0.15, 0.2) is 9.84 Å². The highest BCUT2D eigenvalue weighted by Gasteiger charge is 2.24. The van der Waals surface area contributed by atoms with Gasteiger partial charge in [0.05, 0.1) is 17.0 Å². The quantitative estimate of drug-likeness (QED) is 0.257. The van der Waals surface area contributed by atoms with E-state index >= 15 is 4.39 Å². The lowest BCUT2D eigenvalue weighted by atomic mass is 9.87. The zero-order valence-electron chi connectivity index (χ0n) is 22.4. The highest BCUT2D eigenvalue weighted by molar-refractivity contribution is 7.90. The number of nitrogens with one attached hydrogen (secondary N) is 1. The number of halogens is 1. The van der Waals surface area contributed by atoms with Crippen LogP contribution in [0.2, 0.25) is 0 Å². The van der Waals surface area contributed by atoms with E-state index in [4.69, 9.17) is 9.72 Å². The maximum absolute atomic E-state index is 15.7. The molecule has 2 aromatic carbocycles. The number of ether oxygens (including phenoxy) is 1. The van der Waals surface area contributed by atoms with Crippen molar-refractivity contribution >= 4 is 26.6 Å². The van der Waals surface area contributed by atoms with Crippen LogP contribution >= 0.6 is 0 Å². The first-order valence-electron chi connectivity index (χ1n) is 13.4. The van der Waals surface area contributed by atoms with Gasteiger partial charge in [0.2, 0.25) is 11.8 Å². The summed E-state index contributed by atoms with van der Waals surface area (Å²) in [7, 11) is -3.45. The predicted octanol–water partition coefficient (Wildman–Crippen LogP) is 6.86. The minimum atomic E-state index is -3.45. The van der Waals surface area contributed by atoms with E-state index in [1.54, 1.807) is 56.6 Å². The van der Waals surface area contributed by atoms with E-state index in [2.05, 4.69) is 22.2 Å². The van der Waals surface area contributed by atoms with Gasteiger partial charge in [-0.15, -0.1) is 0 Å². The lowest BCUT2D eigenvalue weighted by Gasteiger charge is -2.27. The third kappa shape index (κ3) is 5.88. The number of sulfone groups is 1. The average Bonchev–Trinajstić information content (AvgIpc) is 2.94. The Morgan fingerprint density at radius 3 is 2.62 bits per heavy atom. The van der Waals surface area contributed by atoms with Crippen molar-refractivity contribution in [2.45, 2.75) is 58.2 Å². The fraction of sp³-hybridized carbons (Fsp3) is 0.367. The molecule has 2 atom stereocenters. The molecule has 0 bridgehead atoms. The van der Waals surface area contributed by atoms with Crippen LogP contribution in [0.3, 0.4) is 0 Å². The van der Waals surface area contributed by atoms with Crippen LogP contribution < -0.4 is 10.1 Å². The standard InChI is InChI=1S/C30H33FN4O3S/c1-4-39(36,37)18-25-22-11-5-6-12-23(22)28(20(3)27(25)31)38-29-24(13-8-15-32-29)26-14-16-33-30(35-26)34-21-10-7-9-19(2)17-21/h5-6,8,11-16,19,21H,4,7,9-10,17-18H2,1-3H3,(H,33,34,35)/t19-,21+/m0/s1. The summed E-state index contributed by atoms with van der Waals surface area (Å²) in [6.45, 7) is 5.43. The summed E-state index contributed by atoms with van der Waals surface area (Å²) in [5, 5.41) is 4.60. The first-order chi connectivity index (χ1) is 18.8. The molecule has 0 amide bonds. The van der Waals surface area contributed by atoms with Gasteiger partial charge in [-0.1, -0.05) is 51.0 Å². The number of hydrogen-bond donors (Lipinski definition) is 1. The topological polar surface area (TPSA) is 94.1 Å². The van der Waals surface area contributed by atoms with Crippen LogP contribution in [0.5, 0.6) is 11.6 Å². The van der Waals surface area contributed by atoms with E-state index in [9.17, 15) is 8.42 Å². The molecule has 1 saturated carbocycles. The summed E-state index contributed by atoms with van der Waals surface area (Å²) in [5.41, 5.74) is 1.65. The van der Waals surface area contributed by atoms with E-state index in [0.717, 1.165) is 12.8 Å². The minimum Gasteiger partial charge on any atom is -0.437 e. The van der Waals surface area contributed by atoms with Crippen molar-refractivity contribution in [3.05, 3.63) is 71.8 Å². The molecule has 0 saturated heterocycles. The van der Waals surface area contributed by atoms with E-state index < -0.39 is 15.7 Å². The molecular formula is C30H33FN4O3S. The van der Waals surface area contributed by atoms with Crippen molar-refractivity contribution < 1.29 is 17.5 Å². The Labute approximate surface area is 228 Å². The van der Waals surface area contributed by atoms with Crippen LogP contribution in [-0.2, 0) is 15.6 Å². The number of anilines is 1. The van der Waals surface area contributed by atoms with Crippen LogP contribution in [0, 0.1) is 18.7 Å². The van der Waals surface area contributed by atoms with Crippen LogP contribution in [0.4, 0.5) is 10.3 Å². The van der Waals surface area contributed by atoms with Gasteiger partial charge in [-0.25, -0.2) is 27.8 Å². The summed E-state index contributed by atoms with van der Waals surface area (Å²) in [6.07, 6.45) is 7.93. The molecule has 2 heterocycles. The summed E-state index contributed by atoms with van der Waals surface area (Å²) in [6, 6.07) is 12.9. The van der Waals surface area contributed by atoms with E-state index in [1.807, 2.05) is 12.1 Å². The molecule has 1 aliphatic rings. The van der Waals surface area contributed by atoms with Crippen molar-refractivity contribution in [2.75, 3.05) is 11.1 Å². The molecule has 1 N–H and O–H groups in total. The molecule has 7 nitrogen and oxygen atoms in total. The number of hydrogen-bond acceptors (Lipinski definition) is 7. The second-order valence-electron chi connectivity index (χ2n) is 10.3. The van der Waals surface area contributed by atoms with Gasteiger partial charge in [-0.3, -0.25) is 0 Å². The van der Waals surface area contributed by atoms with Crippen molar-refractivity contribution in [1.29, 1.82) is 0 Å². The van der Waals surface area contributed by atoms with Crippen molar-refractivity contribution in [2.24, 2.45) is 5.92 Å². The molecule has 0 aliphatic heterocycles. The summed E-state index contributed by atoms with van der Waals surface area (Å²) in [5.74, 6) is 0.765. The number of rotatable bonds is 8. The normalized spacial score (nSPS) is 17.7. The fourth-order valence-corrected chi connectivity index (χ4v) is 6.20. The van der Waals surface area contributed by atoms with Crippen molar-refractivity contribution in [1.82, 2.24) is 15.0 Å². The van der Waals surface area contributed by atoms with Crippen LogP contribution in [-0.4, -0.2) is 35.2 Å². The zero-order valence-corrected chi connectivity index (χ0v) is 23.3. The second kappa shape index (κ2) is 11.3. The maximum Gasteiger partial charge on any atom is 0.228 e. The van der Waals surface area contributed by atoms with Gasteiger partial charge < -0.3 is 10.1 Å². The Balaban J connectivity index is 1.52. The van der Waals surface area contributed by atoms with Gasteiger partial charge in [0, 0.05) is 40.7 Å². The number of nitrogens with zero attached hydrogens (tertiary/aromatic N) is 3. The van der Waals surface area contributed by atoms with Gasteiger partial charge >= 0.3 is 0 Å². The fourth-order valence-electron chi connectivity index (χ4n) is 5.27. The smallest absolute Gasteiger partial charge is 0.228 e. The Morgan fingerprint density at radius 2 is 1.85 bits per heavy atom. The van der Waals surface area contributed by atoms with Crippen LogP contribution in [0.1, 0.15) is 50.7 Å². The zero-order chi connectivity index (χ0) is 27.6. The summed E-state index contributed by atoms with van der Waals surface area (Å²) < 4.78 is 46.8. The third-order valence-corrected chi connectivity index (χ3v) is 9.01. The highest BCUT2D eigenvalue weighted by Crippen LogP contribution is 2.40. The van der Waals surface area contributed by atoms with Gasteiger partial charge in [-0.05, 0) is 49.3 Å². The number of fused-ring (bicyclic) bond motifs is 1. The van der Waals surface area contributed by atoms with E-state index in [-0.39, 0.29) is 28.5 Å². The molecule has 9 heteroatoms. The Kier molecular flexibility index (Phi) is 7.79. The SMILES string of the molecule is CCS(=O)(=O)Cc1c(F)c(C)c(Oc2ncccc2-c2ccnc(N[C@@H]3CCC[C@H](C)C3)n2)c2ccccc12. The molecule has 2 aromatic heterocycles. The summed E-state index contributed by atoms with van der Waals surface area (Å²) >= 11 is 0. The van der Waals surface area contributed by atoms with Crippen LogP contribution in [0.15, 0.2) is 54.9 Å². The molecule has 0 spiro atoms. The first-order valence-corrected chi connectivity index (χ1v) is 15.2. The third-order valence-electron chi connectivity index (χ3n) is 7.41. The lowest BCUT2D eigenvalue weighted by Crippen LogP contribution is -2.27. The molecule has 5 rings (SSSR count). The summed E-state index contributed by atoms with van der Waals surface area (Å²) in [4.78, 5) is 13.6. The van der Waals surface area contributed by atoms with E-state index in [0.29, 0.717) is 45.7 Å². The van der Waals surface area contributed by atoms with Crippen molar-refractivity contribution in [3.63, 3.8) is 0 Å². The predicted molar refractivity (Wildman–Crippen MR) is 152 cm³/mol. The second-order valence-corrected chi connectivity index (χ2v) is 12.7. The molecule has 1 fully saturated rings. The Hall–Kier alpha value is -3.59. The molecule has 4 aromatic rings. The molecule has 204 valence electrons. The molecule has 1 aliphatic carbocycles. The molecule has 0 unspecified atom stereocenters. The average molecular weight is 549 g/mol. The molecular weight excluding hydrogens is 515 g/mol. The maximum atomic E-state index is 15.7. The molecule has 39 heavy (non-hydrogen) atoms. The first kappa shape index (κ1) is 27.0. The van der Waals surface area contributed by atoms with Gasteiger partial charge in [-0.2, -0.15) is 0 Å². The Bertz CT molecular complexity index is 1610. The number of pyridine rings is 1. The molecule has 0 radical (unpaired) electrons. The highest BCUT2D eigenvalue weighted by atomic mass is 32.2. The van der Waals surface area contributed by atoms with Gasteiger partial charge in [0.25, 0.3) is 0 Å². The lowest BCUT2D eigenvalue weighted by molar-refractivity contribution is 0.357. The van der Waals surface area contributed by atoms with Crippen LogP contribution in [0.25, 0.3) is 22.0 Å². The van der Waals surface area contributed by atoms with E-state index in [1.165, 1.54) is 12.8 Å². The minimum absolute atomic E-state index is 0.0646. The number of benzene rings is 2. The number of aromatic nitrogens is 3. The van der Waals surface area contributed by atoms with Gasteiger partial charge in [0.1, 0.15) is 11.6 Å². The Morgan fingerprint density at radius 1 is 1.05 bits per heavy atom. The monoisotopic (exact) mass is 548 g/mol.